The summed E-state index contributed by atoms with van der Waals surface area (Å²) in [4.78, 5) is 19.3. The summed E-state index contributed by atoms with van der Waals surface area (Å²) in [6, 6.07) is 3.31. The molecule has 0 spiro atoms. The maximum atomic E-state index is 11.4. The molecule has 0 unspecified atom stereocenters. The van der Waals surface area contributed by atoms with E-state index in [1.807, 2.05) is 0 Å². The molecule has 2 aromatic rings. The molecule has 5 nitrogen and oxygen atoms in total. The molecule has 0 saturated heterocycles. The molecule has 0 aliphatic heterocycles. The molecular weight excluding hydrogens is 252 g/mol. The molecule has 0 saturated carbocycles. The van der Waals surface area contributed by atoms with E-state index in [1.165, 1.54) is 6.20 Å². The van der Waals surface area contributed by atoms with Crippen molar-refractivity contribution in [1.82, 2.24) is 14.5 Å². The minimum Gasteiger partial charge on any atom is -0.363 e. The number of pyridine rings is 1. The van der Waals surface area contributed by atoms with E-state index in [0.717, 1.165) is 0 Å². The van der Waals surface area contributed by atoms with Gasteiger partial charge in [0.15, 0.2) is 0 Å². The number of aromatic nitrogens is 3. The largest absolute Gasteiger partial charge is 0.363 e. The zero-order chi connectivity index (χ0) is 13.3. The van der Waals surface area contributed by atoms with E-state index in [4.69, 9.17) is 23.8 Å². The molecule has 0 atom stereocenters. The van der Waals surface area contributed by atoms with Gasteiger partial charge >= 0.3 is 0 Å². The maximum absolute atomic E-state index is 11.4. The first-order valence-corrected chi connectivity index (χ1v) is 5.40. The normalized spacial score (nSPS) is 10.1. The van der Waals surface area contributed by atoms with E-state index >= 15 is 0 Å². The number of primary amides is 1. The van der Waals surface area contributed by atoms with Crippen molar-refractivity contribution in [3.63, 3.8) is 0 Å². The van der Waals surface area contributed by atoms with Gasteiger partial charge in [-0.05, 0) is 25.0 Å². The van der Waals surface area contributed by atoms with Crippen LogP contribution in [0.15, 0.2) is 18.3 Å². The van der Waals surface area contributed by atoms with Gasteiger partial charge in [0.25, 0.3) is 5.91 Å². The Labute approximate surface area is 109 Å². The fourth-order valence-electron chi connectivity index (χ4n) is 1.62. The minimum atomic E-state index is -0.658. The van der Waals surface area contributed by atoms with Crippen LogP contribution in [0.4, 0.5) is 0 Å². The number of nitrogens with zero attached hydrogens (tertiary/aromatic N) is 3. The maximum Gasteiger partial charge on any atom is 0.285 e. The number of imidazole rings is 1. The first-order chi connectivity index (χ1) is 8.54. The number of nitrogens with two attached hydrogens (primary N) is 1. The van der Waals surface area contributed by atoms with Crippen molar-refractivity contribution < 1.29 is 4.79 Å². The fraction of sp³-hybridized carbons (Fsp3) is 0.0833. The van der Waals surface area contributed by atoms with Gasteiger partial charge in [-0.2, -0.15) is 0 Å². The molecule has 2 heterocycles. The van der Waals surface area contributed by atoms with Crippen molar-refractivity contribution in [2.24, 2.45) is 5.73 Å². The summed E-state index contributed by atoms with van der Waals surface area (Å²) in [5.41, 5.74) is 6.93. The summed E-state index contributed by atoms with van der Waals surface area (Å²) in [6.07, 6.45) is 6.84. The summed E-state index contributed by atoms with van der Waals surface area (Å²) in [7, 11) is 0. The summed E-state index contributed by atoms with van der Waals surface area (Å²) >= 11 is 5.71. The van der Waals surface area contributed by atoms with Crippen molar-refractivity contribution in [3.8, 4) is 18.0 Å². The van der Waals surface area contributed by atoms with Gasteiger partial charge in [-0.25, -0.2) is 9.97 Å². The molecule has 2 aromatic heterocycles. The zero-order valence-electron chi connectivity index (χ0n) is 9.51. The van der Waals surface area contributed by atoms with E-state index in [0.29, 0.717) is 22.2 Å². The lowest BCUT2D eigenvalue weighted by molar-refractivity contribution is 0.0988. The molecule has 0 aromatic carbocycles. The fourth-order valence-corrected chi connectivity index (χ4v) is 1.73. The lowest BCUT2D eigenvalue weighted by Gasteiger charge is -2.07. The molecule has 1 amide bonds. The Hall–Kier alpha value is -2.32. The Morgan fingerprint density at radius 1 is 1.56 bits per heavy atom. The number of hydrogen-bond acceptors (Lipinski definition) is 3. The number of hydrogen-bond donors (Lipinski definition) is 1. The minimum absolute atomic E-state index is 0.0737. The molecule has 2 rings (SSSR count). The van der Waals surface area contributed by atoms with Crippen LogP contribution in [0.3, 0.4) is 0 Å². The van der Waals surface area contributed by atoms with E-state index < -0.39 is 5.91 Å². The molecule has 2 N–H and O–H groups in total. The number of carbonyl (C=O) groups is 1. The van der Waals surface area contributed by atoms with Crippen LogP contribution in [0.2, 0.25) is 5.15 Å². The van der Waals surface area contributed by atoms with Crippen LogP contribution in [-0.4, -0.2) is 20.4 Å². The summed E-state index contributed by atoms with van der Waals surface area (Å²) in [6.45, 7) is 1.75. The second kappa shape index (κ2) is 4.51. The molecule has 0 radical (unpaired) electrons. The highest BCUT2D eigenvalue weighted by Gasteiger charge is 2.18. The van der Waals surface area contributed by atoms with Crippen LogP contribution < -0.4 is 5.73 Å². The van der Waals surface area contributed by atoms with Crippen molar-refractivity contribution in [2.75, 3.05) is 0 Å². The Morgan fingerprint density at radius 3 is 2.78 bits per heavy atom. The van der Waals surface area contributed by atoms with Gasteiger partial charge in [0, 0.05) is 0 Å². The smallest absolute Gasteiger partial charge is 0.285 e. The van der Waals surface area contributed by atoms with Gasteiger partial charge in [0.2, 0.25) is 5.82 Å². The lowest BCUT2D eigenvalue weighted by atomic mass is 10.3. The summed E-state index contributed by atoms with van der Waals surface area (Å²) in [5.74, 6) is 1.82. The molecule has 18 heavy (non-hydrogen) atoms. The van der Waals surface area contributed by atoms with Crippen LogP contribution in [0.1, 0.15) is 22.0 Å². The van der Waals surface area contributed by atoms with Crippen LogP contribution in [0.5, 0.6) is 0 Å². The first-order valence-electron chi connectivity index (χ1n) is 5.02. The van der Waals surface area contributed by atoms with E-state index in [1.54, 1.807) is 23.6 Å². The molecule has 0 fully saturated rings. The van der Waals surface area contributed by atoms with Crippen LogP contribution in [-0.2, 0) is 0 Å². The van der Waals surface area contributed by atoms with E-state index in [9.17, 15) is 4.79 Å². The average molecular weight is 261 g/mol. The van der Waals surface area contributed by atoms with E-state index in [2.05, 4.69) is 15.9 Å². The average Bonchev–Trinajstić information content (AvgIpc) is 2.68. The number of rotatable bonds is 2. The Kier molecular flexibility index (Phi) is 3.04. The topological polar surface area (TPSA) is 73.8 Å². The van der Waals surface area contributed by atoms with Crippen LogP contribution in [0.25, 0.3) is 5.69 Å². The second-order valence-corrected chi connectivity index (χ2v) is 3.94. The van der Waals surface area contributed by atoms with Gasteiger partial charge in [0.05, 0.1) is 17.6 Å². The number of terminal acetylenes is 1. The predicted octanol–water partition coefficient (Wildman–Crippen LogP) is 1.31. The Bertz CT molecular complexity index is 652. The van der Waals surface area contributed by atoms with Crippen LogP contribution >= 0.6 is 11.6 Å². The molecule has 90 valence electrons. The standard InChI is InChI=1S/C12H9ClN4O/c1-3-9-7(2)17(12(16-9)11(14)18)8-4-5-10(13)15-6-8/h1,4-6H,2H3,(H2,14,18). The Balaban J connectivity index is 2.70. The van der Waals surface area contributed by atoms with Crippen molar-refractivity contribution in [2.45, 2.75) is 6.92 Å². The van der Waals surface area contributed by atoms with Gasteiger partial charge in [-0.15, -0.1) is 6.42 Å². The van der Waals surface area contributed by atoms with Gasteiger partial charge < -0.3 is 5.73 Å². The third-order valence-corrected chi connectivity index (χ3v) is 2.66. The third kappa shape index (κ3) is 1.94. The lowest BCUT2D eigenvalue weighted by Crippen LogP contribution is -2.18. The molecule has 0 aliphatic carbocycles. The number of carbonyl (C=O) groups excluding carboxylic acids is 1. The highest BCUT2D eigenvalue weighted by atomic mass is 35.5. The highest BCUT2D eigenvalue weighted by molar-refractivity contribution is 6.29. The Morgan fingerprint density at radius 2 is 2.28 bits per heavy atom. The van der Waals surface area contributed by atoms with Gasteiger partial charge in [0.1, 0.15) is 10.8 Å². The molecule has 0 bridgehead atoms. The summed E-state index contributed by atoms with van der Waals surface area (Å²) < 4.78 is 1.56. The first kappa shape index (κ1) is 12.1. The zero-order valence-corrected chi connectivity index (χ0v) is 10.3. The third-order valence-electron chi connectivity index (χ3n) is 2.43. The van der Waals surface area contributed by atoms with E-state index in [-0.39, 0.29) is 5.82 Å². The van der Waals surface area contributed by atoms with Crippen molar-refractivity contribution in [1.29, 1.82) is 0 Å². The molecule has 6 heteroatoms. The monoisotopic (exact) mass is 260 g/mol. The molecule has 0 aliphatic rings. The summed E-state index contributed by atoms with van der Waals surface area (Å²) in [5, 5.41) is 0.356. The SMILES string of the molecule is C#Cc1nc(C(N)=O)n(-c2ccc(Cl)nc2)c1C. The quantitative estimate of drug-likeness (QED) is 0.653. The molecular formula is C12H9ClN4O. The van der Waals surface area contributed by atoms with Gasteiger partial charge in [-0.3, -0.25) is 9.36 Å². The predicted molar refractivity (Wildman–Crippen MR) is 67.6 cm³/mol. The van der Waals surface area contributed by atoms with Gasteiger partial charge in [-0.1, -0.05) is 11.6 Å². The number of amides is 1. The second-order valence-electron chi connectivity index (χ2n) is 3.55. The number of halogens is 1. The highest BCUT2D eigenvalue weighted by Crippen LogP contribution is 2.18. The van der Waals surface area contributed by atoms with Crippen molar-refractivity contribution >= 4 is 17.5 Å². The van der Waals surface area contributed by atoms with Crippen LogP contribution in [0, 0.1) is 19.3 Å². The van der Waals surface area contributed by atoms with Crippen molar-refractivity contribution in [3.05, 3.63) is 40.7 Å².